The molecule has 2 heterocycles. The largest absolute Gasteiger partial charge is 0.508 e. The lowest BCUT2D eigenvalue weighted by molar-refractivity contribution is 0.202. The minimum Gasteiger partial charge on any atom is -0.508 e. The third kappa shape index (κ3) is 3.01. The van der Waals surface area contributed by atoms with Crippen molar-refractivity contribution in [2.75, 3.05) is 6.54 Å². The lowest BCUT2D eigenvalue weighted by Gasteiger charge is -2.36. The highest BCUT2D eigenvalue weighted by Gasteiger charge is 2.30. The molecule has 0 saturated carbocycles. The molecular weight excluding hydrogens is 380 g/mol. The molecule has 3 heteroatoms. The summed E-state index contributed by atoms with van der Waals surface area (Å²) < 4.78 is 0. The highest BCUT2D eigenvalue weighted by atomic mass is 16.3. The number of hydrogen-bond acceptors (Lipinski definition) is 2. The number of benzene rings is 4. The van der Waals surface area contributed by atoms with E-state index < -0.39 is 0 Å². The first-order valence-electron chi connectivity index (χ1n) is 10.9. The minimum absolute atomic E-state index is 0.0214. The maximum Gasteiger partial charge on any atom is 0.121 e. The van der Waals surface area contributed by atoms with Crippen LogP contribution in [0.2, 0.25) is 0 Å². The third-order valence-electron chi connectivity index (χ3n) is 6.61. The Morgan fingerprint density at radius 2 is 1.52 bits per heavy atom. The normalized spacial score (nSPS) is 15.2. The summed E-state index contributed by atoms with van der Waals surface area (Å²) in [5.74, 6) is 0.356. The van der Waals surface area contributed by atoms with E-state index >= 15 is 0 Å². The monoisotopic (exact) mass is 404 g/mol. The molecule has 0 saturated heterocycles. The van der Waals surface area contributed by atoms with Gasteiger partial charge in [-0.25, -0.2) is 0 Å². The number of phenolic OH excluding ortho intramolecular Hbond substituents is 1. The molecule has 0 fully saturated rings. The fourth-order valence-corrected chi connectivity index (χ4v) is 5.20. The Bertz CT molecular complexity index is 1390. The zero-order valence-corrected chi connectivity index (χ0v) is 17.3. The van der Waals surface area contributed by atoms with Gasteiger partial charge >= 0.3 is 0 Å². The van der Waals surface area contributed by atoms with E-state index in [-0.39, 0.29) is 6.04 Å². The smallest absolute Gasteiger partial charge is 0.121 e. The second-order valence-corrected chi connectivity index (χ2v) is 8.38. The van der Waals surface area contributed by atoms with Gasteiger partial charge in [-0.3, -0.25) is 4.90 Å². The van der Waals surface area contributed by atoms with Crippen molar-refractivity contribution in [3.63, 3.8) is 0 Å². The number of nitrogens with one attached hydrogen (secondary N) is 1. The lowest BCUT2D eigenvalue weighted by Crippen LogP contribution is -2.34. The summed E-state index contributed by atoms with van der Waals surface area (Å²) >= 11 is 0. The number of H-pyrrole nitrogens is 1. The molecule has 1 unspecified atom stereocenters. The van der Waals surface area contributed by atoms with Crippen LogP contribution in [-0.4, -0.2) is 21.5 Å². The summed E-state index contributed by atoms with van der Waals surface area (Å²) in [4.78, 5) is 6.15. The van der Waals surface area contributed by atoms with Crippen molar-refractivity contribution < 1.29 is 5.11 Å². The van der Waals surface area contributed by atoms with Gasteiger partial charge in [-0.05, 0) is 40.5 Å². The van der Waals surface area contributed by atoms with Crippen molar-refractivity contribution >= 4 is 21.7 Å². The highest BCUT2D eigenvalue weighted by Crippen LogP contribution is 2.41. The molecule has 1 aliphatic rings. The van der Waals surface area contributed by atoms with E-state index in [2.05, 4.69) is 88.7 Å². The zero-order valence-electron chi connectivity index (χ0n) is 17.3. The number of aromatic nitrogens is 1. The molecule has 1 aromatic heterocycles. The van der Waals surface area contributed by atoms with Crippen LogP contribution >= 0.6 is 0 Å². The maximum atomic E-state index is 11.0. The van der Waals surface area contributed by atoms with Crippen LogP contribution in [0.4, 0.5) is 0 Å². The molecule has 1 atom stereocenters. The molecule has 0 bridgehead atoms. The zero-order chi connectivity index (χ0) is 20.8. The molecule has 0 amide bonds. The Morgan fingerprint density at radius 3 is 2.39 bits per heavy atom. The Morgan fingerprint density at radius 1 is 0.774 bits per heavy atom. The van der Waals surface area contributed by atoms with Gasteiger partial charge in [0.05, 0.1) is 6.04 Å². The van der Waals surface area contributed by atoms with Crippen LogP contribution < -0.4 is 0 Å². The predicted molar refractivity (Wildman–Crippen MR) is 126 cm³/mol. The maximum absolute atomic E-state index is 11.0. The average Bonchev–Trinajstić information content (AvgIpc) is 3.19. The number of rotatable bonds is 3. The van der Waals surface area contributed by atoms with E-state index in [4.69, 9.17) is 0 Å². The van der Waals surface area contributed by atoms with E-state index in [1.807, 2.05) is 12.1 Å². The topological polar surface area (TPSA) is 39.3 Å². The summed E-state index contributed by atoms with van der Waals surface area (Å²) in [6, 6.07) is 31.3. The Balaban J connectivity index is 1.52. The fraction of sp³-hybridized carbons (Fsp3) is 0.143. The Labute approximate surface area is 181 Å². The van der Waals surface area contributed by atoms with E-state index in [9.17, 15) is 5.11 Å². The fourth-order valence-electron chi connectivity index (χ4n) is 5.20. The van der Waals surface area contributed by atoms with Gasteiger partial charge < -0.3 is 10.1 Å². The SMILES string of the molecule is Oc1ccc2ccccc2c1C(c1ccccc1)N1CCc2c([nH]c3ccccc23)C1. The first-order chi connectivity index (χ1) is 15.3. The standard InChI is InChI=1S/C28H24N2O/c31-26-15-14-19-8-4-5-11-21(19)27(26)28(20-9-2-1-3-10-20)30-17-16-23-22-12-6-7-13-24(22)29-25(23)18-30/h1-15,28-29,31H,16-18H2. The second-order valence-electron chi connectivity index (χ2n) is 8.38. The summed E-state index contributed by atoms with van der Waals surface area (Å²) in [6.45, 7) is 1.77. The van der Waals surface area contributed by atoms with Gasteiger partial charge in [0.15, 0.2) is 0 Å². The van der Waals surface area contributed by atoms with E-state index in [0.29, 0.717) is 5.75 Å². The summed E-state index contributed by atoms with van der Waals surface area (Å²) in [5, 5.41) is 14.6. The number of fused-ring (bicyclic) bond motifs is 4. The molecule has 0 radical (unpaired) electrons. The van der Waals surface area contributed by atoms with E-state index in [0.717, 1.165) is 35.8 Å². The van der Waals surface area contributed by atoms with Gasteiger partial charge in [-0.1, -0.05) is 78.9 Å². The molecule has 0 aliphatic carbocycles. The van der Waals surface area contributed by atoms with E-state index in [1.54, 1.807) is 0 Å². The van der Waals surface area contributed by atoms with E-state index in [1.165, 1.54) is 27.7 Å². The van der Waals surface area contributed by atoms with Crippen LogP contribution in [0.5, 0.6) is 5.75 Å². The molecule has 1 aliphatic heterocycles. The van der Waals surface area contributed by atoms with Crippen molar-refractivity contribution in [1.29, 1.82) is 0 Å². The first-order valence-corrected chi connectivity index (χ1v) is 10.9. The number of para-hydroxylation sites is 1. The molecule has 4 aromatic carbocycles. The summed E-state index contributed by atoms with van der Waals surface area (Å²) in [7, 11) is 0. The molecule has 0 spiro atoms. The molecular formula is C28H24N2O. The molecule has 5 aromatic rings. The Hall–Kier alpha value is -3.56. The van der Waals surface area contributed by atoms with Crippen LogP contribution in [0.3, 0.4) is 0 Å². The van der Waals surface area contributed by atoms with Crippen LogP contribution in [0.15, 0.2) is 91.0 Å². The summed E-state index contributed by atoms with van der Waals surface area (Å²) in [5.41, 5.74) is 6.12. The van der Waals surface area contributed by atoms with Gasteiger partial charge in [0, 0.05) is 35.2 Å². The number of phenols is 1. The van der Waals surface area contributed by atoms with Gasteiger partial charge in [0.1, 0.15) is 5.75 Å². The summed E-state index contributed by atoms with van der Waals surface area (Å²) in [6.07, 6.45) is 0.994. The Kier molecular flexibility index (Phi) is 4.29. The lowest BCUT2D eigenvalue weighted by atomic mass is 9.90. The molecule has 2 N–H and O–H groups in total. The first kappa shape index (κ1) is 18.2. The van der Waals surface area contributed by atoms with Crippen LogP contribution in [0.1, 0.15) is 28.4 Å². The minimum atomic E-state index is -0.0214. The quantitative estimate of drug-likeness (QED) is 0.377. The predicted octanol–water partition coefficient (Wildman–Crippen LogP) is 6.17. The van der Waals surface area contributed by atoms with Gasteiger partial charge in [0.2, 0.25) is 0 Å². The van der Waals surface area contributed by atoms with Crippen molar-refractivity contribution in [2.45, 2.75) is 19.0 Å². The number of aromatic amines is 1. The van der Waals surface area contributed by atoms with Crippen LogP contribution in [-0.2, 0) is 13.0 Å². The highest BCUT2D eigenvalue weighted by molar-refractivity contribution is 5.89. The van der Waals surface area contributed by atoms with Gasteiger partial charge in [0.25, 0.3) is 0 Å². The van der Waals surface area contributed by atoms with Crippen molar-refractivity contribution in [3.05, 3.63) is 113 Å². The second kappa shape index (κ2) is 7.29. The third-order valence-corrected chi connectivity index (χ3v) is 6.61. The average molecular weight is 405 g/mol. The molecule has 3 nitrogen and oxygen atoms in total. The van der Waals surface area contributed by atoms with Crippen molar-refractivity contribution in [2.24, 2.45) is 0 Å². The molecule has 6 rings (SSSR count). The number of hydrogen-bond donors (Lipinski definition) is 2. The van der Waals surface area contributed by atoms with Crippen molar-refractivity contribution in [1.82, 2.24) is 9.88 Å². The van der Waals surface area contributed by atoms with Crippen molar-refractivity contribution in [3.8, 4) is 5.75 Å². The molecule has 31 heavy (non-hydrogen) atoms. The number of aromatic hydroxyl groups is 1. The van der Waals surface area contributed by atoms with Gasteiger partial charge in [-0.2, -0.15) is 0 Å². The van der Waals surface area contributed by atoms with Crippen LogP contribution in [0, 0.1) is 0 Å². The number of nitrogens with zero attached hydrogens (tertiary/aromatic N) is 1. The van der Waals surface area contributed by atoms with Crippen LogP contribution in [0.25, 0.3) is 21.7 Å². The molecule has 152 valence electrons. The van der Waals surface area contributed by atoms with Gasteiger partial charge in [-0.15, -0.1) is 0 Å².